The highest BCUT2D eigenvalue weighted by atomic mass is 127. The van der Waals surface area contributed by atoms with E-state index in [0.717, 1.165) is 7.16 Å². The van der Waals surface area contributed by atoms with Crippen molar-refractivity contribution in [3.8, 4) is 0 Å². The zero-order valence-electron chi connectivity index (χ0n) is 9.76. The van der Waals surface area contributed by atoms with Crippen molar-refractivity contribution in [3.05, 3.63) is 7.16 Å². The zero-order valence-corrected chi connectivity index (χ0v) is 14.1. The molecule has 0 saturated carbocycles. The molecule has 0 aromatic rings. The molecule has 0 rings (SSSR count). The normalized spacial score (nSPS) is 16.3. The Labute approximate surface area is 133 Å². The standard InChI is InChI=1S/C10H18I2O6/c11-9(5-17-3-7(15)1-13)10(12)6-18-4-8(16)2-14/h7-8,13-16H,1-6H2. The maximum atomic E-state index is 9.07. The van der Waals surface area contributed by atoms with Crippen LogP contribution in [0.1, 0.15) is 0 Å². The minimum Gasteiger partial charge on any atom is -0.394 e. The van der Waals surface area contributed by atoms with Crippen LogP contribution < -0.4 is 0 Å². The van der Waals surface area contributed by atoms with Crippen LogP contribution in [0.3, 0.4) is 0 Å². The first-order valence-corrected chi connectivity index (χ1v) is 7.43. The Hall–Kier alpha value is 0.960. The van der Waals surface area contributed by atoms with Gasteiger partial charge < -0.3 is 29.9 Å². The Kier molecular flexibility index (Phi) is 12.4. The number of hydrogen-bond donors (Lipinski definition) is 4. The van der Waals surface area contributed by atoms with Crippen LogP contribution in [0.2, 0.25) is 0 Å². The lowest BCUT2D eigenvalue weighted by molar-refractivity contribution is 0.0120. The number of hydrogen-bond acceptors (Lipinski definition) is 6. The van der Waals surface area contributed by atoms with Crippen LogP contribution in [0.5, 0.6) is 0 Å². The third-order valence-corrected chi connectivity index (χ3v) is 4.75. The molecule has 0 amide bonds. The van der Waals surface area contributed by atoms with E-state index in [9.17, 15) is 0 Å². The first-order valence-electron chi connectivity index (χ1n) is 5.27. The van der Waals surface area contributed by atoms with Crippen LogP contribution in [0, 0.1) is 0 Å². The van der Waals surface area contributed by atoms with Crippen LogP contribution in [-0.2, 0) is 9.47 Å². The van der Waals surface area contributed by atoms with Gasteiger partial charge in [-0.3, -0.25) is 0 Å². The van der Waals surface area contributed by atoms with Gasteiger partial charge in [0.25, 0.3) is 0 Å². The molecular weight excluding hydrogens is 470 g/mol. The molecule has 2 unspecified atom stereocenters. The van der Waals surface area contributed by atoms with Gasteiger partial charge in [0.1, 0.15) is 12.2 Å². The molecule has 2 atom stereocenters. The molecule has 0 aromatic heterocycles. The Morgan fingerprint density at radius 2 is 1.17 bits per heavy atom. The first-order chi connectivity index (χ1) is 8.51. The van der Waals surface area contributed by atoms with Crippen molar-refractivity contribution in [2.24, 2.45) is 0 Å². The fourth-order valence-electron chi connectivity index (χ4n) is 0.831. The Morgan fingerprint density at radius 3 is 1.44 bits per heavy atom. The van der Waals surface area contributed by atoms with Gasteiger partial charge in [-0.1, -0.05) is 0 Å². The molecule has 6 nitrogen and oxygen atoms in total. The highest BCUT2D eigenvalue weighted by molar-refractivity contribution is 14.1. The van der Waals surface area contributed by atoms with Crippen LogP contribution in [0.15, 0.2) is 7.16 Å². The van der Waals surface area contributed by atoms with Gasteiger partial charge in [0.2, 0.25) is 0 Å². The minimum atomic E-state index is -0.859. The van der Waals surface area contributed by atoms with E-state index in [0.29, 0.717) is 13.2 Å². The largest absolute Gasteiger partial charge is 0.394 e. The summed E-state index contributed by atoms with van der Waals surface area (Å²) >= 11 is 4.21. The van der Waals surface area contributed by atoms with Crippen LogP contribution in [0.4, 0.5) is 0 Å². The summed E-state index contributed by atoms with van der Waals surface area (Å²) in [6.07, 6.45) is -1.72. The van der Waals surface area contributed by atoms with Gasteiger partial charge in [-0.05, 0) is 45.2 Å². The average molecular weight is 488 g/mol. The van der Waals surface area contributed by atoms with Gasteiger partial charge in [-0.2, -0.15) is 0 Å². The molecule has 0 fully saturated rings. The Morgan fingerprint density at radius 1 is 0.833 bits per heavy atom. The predicted molar refractivity (Wildman–Crippen MR) is 82.9 cm³/mol. The summed E-state index contributed by atoms with van der Waals surface area (Å²) in [7, 11) is 0. The number of aliphatic hydroxyl groups excluding tert-OH is 4. The van der Waals surface area contributed by atoms with Gasteiger partial charge in [-0.15, -0.1) is 0 Å². The van der Waals surface area contributed by atoms with E-state index in [1.807, 2.05) is 0 Å². The molecule has 0 radical (unpaired) electrons. The van der Waals surface area contributed by atoms with E-state index in [-0.39, 0.29) is 26.4 Å². The van der Waals surface area contributed by atoms with E-state index in [2.05, 4.69) is 45.2 Å². The highest BCUT2D eigenvalue weighted by Gasteiger charge is 2.06. The summed E-state index contributed by atoms with van der Waals surface area (Å²) in [5, 5.41) is 35.3. The summed E-state index contributed by atoms with van der Waals surface area (Å²) in [5.74, 6) is 0. The third kappa shape index (κ3) is 9.83. The van der Waals surface area contributed by atoms with Crippen molar-refractivity contribution in [1.29, 1.82) is 0 Å². The third-order valence-electron chi connectivity index (χ3n) is 1.79. The summed E-state index contributed by atoms with van der Waals surface area (Å²) in [4.78, 5) is 0. The SMILES string of the molecule is OCC(O)COCC(I)=C(I)COCC(O)CO. The summed E-state index contributed by atoms with van der Waals surface area (Å²) < 4.78 is 12.2. The van der Waals surface area contributed by atoms with E-state index < -0.39 is 12.2 Å². The minimum absolute atomic E-state index is 0.0804. The highest BCUT2D eigenvalue weighted by Crippen LogP contribution is 2.19. The Bertz CT molecular complexity index is 225. The fourth-order valence-corrected chi connectivity index (χ4v) is 1.58. The van der Waals surface area contributed by atoms with Gasteiger partial charge in [0.05, 0.1) is 39.6 Å². The van der Waals surface area contributed by atoms with E-state index in [1.54, 1.807) is 0 Å². The molecule has 0 bridgehead atoms. The topological polar surface area (TPSA) is 99.4 Å². The summed E-state index contributed by atoms with van der Waals surface area (Å²) in [6, 6.07) is 0. The van der Waals surface area contributed by atoms with Gasteiger partial charge in [0.15, 0.2) is 0 Å². The number of halogens is 2. The average Bonchev–Trinajstić information content (AvgIpc) is 2.37. The zero-order chi connectivity index (χ0) is 14.0. The molecule has 18 heavy (non-hydrogen) atoms. The molecule has 0 aliphatic carbocycles. The van der Waals surface area contributed by atoms with Crippen LogP contribution >= 0.6 is 45.2 Å². The quantitative estimate of drug-likeness (QED) is 0.319. The number of rotatable bonds is 10. The number of aliphatic hydroxyl groups is 4. The van der Waals surface area contributed by atoms with E-state index in [4.69, 9.17) is 29.9 Å². The van der Waals surface area contributed by atoms with Crippen molar-refractivity contribution < 1.29 is 29.9 Å². The molecule has 0 aromatic carbocycles. The van der Waals surface area contributed by atoms with Gasteiger partial charge in [-0.25, -0.2) is 0 Å². The van der Waals surface area contributed by atoms with Gasteiger partial charge >= 0.3 is 0 Å². The lowest BCUT2D eigenvalue weighted by atomic mass is 10.4. The second kappa shape index (κ2) is 11.8. The molecule has 4 N–H and O–H groups in total. The molecule has 0 saturated heterocycles. The molecule has 108 valence electrons. The molecule has 0 heterocycles. The van der Waals surface area contributed by atoms with Crippen molar-refractivity contribution in [2.45, 2.75) is 12.2 Å². The molecule has 8 heteroatoms. The van der Waals surface area contributed by atoms with Crippen molar-refractivity contribution in [2.75, 3.05) is 39.6 Å². The predicted octanol–water partition coefficient (Wildman–Crippen LogP) is -0.192. The number of ether oxygens (including phenoxy) is 2. The van der Waals surface area contributed by atoms with Crippen molar-refractivity contribution >= 4 is 45.2 Å². The maximum absolute atomic E-state index is 9.07. The summed E-state index contributed by atoms with van der Waals surface area (Å²) in [6.45, 7) is 0.191. The van der Waals surface area contributed by atoms with Crippen molar-refractivity contribution in [3.63, 3.8) is 0 Å². The van der Waals surface area contributed by atoms with E-state index >= 15 is 0 Å². The second-order valence-electron chi connectivity index (χ2n) is 3.51. The van der Waals surface area contributed by atoms with Crippen LogP contribution in [-0.4, -0.2) is 72.3 Å². The molecular formula is C10H18I2O6. The lowest BCUT2D eigenvalue weighted by Gasteiger charge is -2.11. The molecule has 0 spiro atoms. The molecule has 0 aliphatic heterocycles. The summed E-state index contributed by atoms with van der Waals surface area (Å²) in [5.41, 5.74) is 0. The monoisotopic (exact) mass is 488 g/mol. The van der Waals surface area contributed by atoms with E-state index in [1.165, 1.54) is 0 Å². The molecule has 0 aliphatic rings. The maximum Gasteiger partial charge on any atom is 0.100 e. The van der Waals surface area contributed by atoms with Crippen molar-refractivity contribution in [1.82, 2.24) is 0 Å². The smallest absolute Gasteiger partial charge is 0.100 e. The first kappa shape index (κ1) is 19.0. The fraction of sp³-hybridized carbons (Fsp3) is 0.800. The second-order valence-corrected chi connectivity index (χ2v) is 6.12. The lowest BCUT2D eigenvalue weighted by Crippen LogP contribution is -2.20. The van der Waals surface area contributed by atoms with Crippen LogP contribution in [0.25, 0.3) is 0 Å². The van der Waals surface area contributed by atoms with Gasteiger partial charge in [0, 0.05) is 7.16 Å². The Balaban J connectivity index is 3.82.